The molecule has 0 saturated heterocycles. The maximum atomic E-state index is 14.0. The van der Waals surface area contributed by atoms with Crippen LogP contribution in [0.4, 0.5) is 19.0 Å². The lowest BCUT2D eigenvalue weighted by Crippen LogP contribution is -2.34. The van der Waals surface area contributed by atoms with Crippen LogP contribution < -0.4 is 4.90 Å². The topological polar surface area (TPSA) is 50.6 Å². The van der Waals surface area contributed by atoms with E-state index < -0.39 is 11.9 Å². The van der Waals surface area contributed by atoms with Crippen molar-refractivity contribution in [1.82, 2.24) is 14.7 Å². The number of para-hydroxylation sites is 1. The molecule has 0 atom stereocenters. The SMILES string of the molecule is COCCN(Cc1c(C(F)(F)F)nn(-c2ccccc2)c1N(C)C)C(=O)c1cccs1. The van der Waals surface area contributed by atoms with Gasteiger partial charge < -0.3 is 14.5 Å². The molecule has 1 aromatic carbocycles. The van der Waals surface area contributed by atoms with Gasteiger partial charge in [0.1, 0.15) is 5.82 Å². The van der Waals surface area contributed by atoms with Crippen molar-refractivity contribution in [3.8, 4) is 5.69 Å². The first-order valence-corrected chi connectivity index (χ1v) is 10.4. The molecule has 10 heteroatoms. The highest BCUT2D eigenvalue weighted by Gasteiger charge is 2.40. The van der Waals surface area contributed by atoms with E-state index in [0.29, 0.717) is 10.6 Å². The second kappa shape index (κ2) is 9.52. The van der Waals surface area contributed by atoms with Crippen LogP contribution in [-0.2, 0) is 17.5 Å². The zero-order chi connectivity index (χ0) is 22.6. The van der Waals surface area contributed by atoms with E-state index >= 15 is 0 Å². The number of anilines is 1. The standard InChI is InChI=1S/C21H23F3N4O2S/c1-26(2)19-16(14-27(11-12-30-3)20(29)17-10-7-13-31-17)18(21(22,23)24)25-28(19)15-8-5-4-6-9-15/h4-10,13H,11-12,14H2,1-3H3. The summed E-state index contributed by atoms with van der Waals surface area (Å²) in [5, 5.41) is 5.66. The van der Waals surface area contributed by atoms with E-state index in [4.69, 9.17) is 4.74 Å². The number of benzene rings is 1. The Morgan fingerprint density at radius 2 is 1.87 bits per heavy atom. The van der Waals surface area contributed by atoms with Crippen molar-refractivity contribution in [2.45, 2.75) is 12.7 Å². The quantitative estimate of drug-likeness (QED) is 0.511. The Morgan fingerprint density at radius 1 is 1.16 bits per heavy atom. The number of hydrogen-bond donors (Lipinski definition) is 0. The molecule has 0 unspecified atom stereocenters. The Bertz CT molecular complexity index is 1000. The molecule has 2 aromatic heterocycles. The number of thiophene rings is 1. The lowest BCUT2D eigenvalue weighted by Gasteiger charge is -2.24. The lowest BCUT2D eigenvalue weighted by molar-refractivity contribution is -0.142. The van der Waals surface area contributed by atoms with Gasteiger partial charge in [-0.3, -0.25) is 4.79 Å². The Kier molecular flexibility index (Phi) is 7.01. The highest BCUT2D eigenvalue weighted by atomic mass is 32.1. The van der Waals surface area contributed by atoms with Crippen LogP contribution in [0.25, 0.3) is 5.69 Å². The van der Waals surface area contributed by atoms with Crippen LogP contribution >= 0.6 is 11.3 Å². The molecular formula is C21H23F3N4O2S. The van der Waals surface area contributed by atoms with Gasteiger partial charge >= 0.3 is 6.18 Å². The van der Waals surface area contributed by atoms with Gasteiger partial charge in [-0.25, -0.2) is 4.68 Å². The Hall–Kier alpha value is -2.85. The molecule has 0 aliphatic carbocycles. The summed E-state index contributed by atoms with van der Waals surface area (Å²) in [6, 6.07) is 12.0. The molecule has 0 radical (unpaired) electrons. The van der Waals surface area contributed by atoms with E-state index in [9.17, 15) is 18.0 Å². The predicted molar refractivity (Wildman–Crippen MR) is 114 cm³/mol. The summed E-state index contributed by atoms with van der Waals surface area (Å²) < 4.78 is 48.3. The summed E-state index contributed by atoms with van der Waals surface area (Å²) in [5.41, 5.74) is -0.584. The zero-order valence-corrected chi connectivity index (χ0v) is 18.2. The largest absolute Gasteiger partial charge is 0.435 e. The van der Waals surface area contributed by atoms with E-state index in [1.807, 2.05) is 0 Å². The number of ether oxygens (including phenoxy) is 1. The molecule has 0 N–H and O–H groups in total. The van der Waals surface area contributed by atoms with Crippen molar-refractivity contribution >= 4 is 23.1 Å². The van der Waals surface area contributed by atoms with Crippen molar-refractivity contribution in [2.24, 2.45) is 0 Å². The molecule has 166 valence electrons. The highest BCUT2D eigenvalue weighted by Crippen LogP contribution is 2.37. The van der Waals surface area contributed by atoms with E-state index in [2.05, 4.69) is 5.10 Å². The van der Waals surface area contributed by atoms with Gasteiger partial charge in [0.25, 0.3) is 5.91 Å². The van der Waals surface area contributed by atoms with E-state index in [-0.39, 0.29) is 37.0 Å². The fourth-order valence-electron chi connectivity index (χ4n) is 3.22. The van der Waals surface area contributed by atoms with E-state index in [1.165, 1.54) is 28.0 Å². The van der Waals surface area contributed by atoms with Crippen LogP contribution in [0.2, 0.25) is 0 Å². The van der Waals surface area contributed by atoms with Crippen molar-refractivity contribution < 1.29 is 22.7 Å². The number of carbonyl (C=O) groups excluding carboxylic acids is 1. The van der Waals surface area contributed by atoms with Crippen molar-refractivity contribution in [3.63, 3.8) is 0 Å². The third-order valence-electron chi connectivity index (χ3n) is 4.58. The number of nitrogens with zero attached hydrogens (tertiary/aromatic N) is 4. The van der Waals surface area contributed by atoms with Crippen LogP contribution in [0.5, 0.6) is 0 Å². The second-order valence-electron chi connectivity index (χ2n) is 6.99. The first kappa shape index (κ1) is 22.8. The third kappa shape index (κ3) is 5.08. The number of hydrogen-bond acceptors (Lipinski definition) is 5. The molecule has 0 bridgehead atoms. The van der Waals surface area contributed by atoms with Crippen LogP contribution in [0, 0.1) is 0 Å². The van der Waals surface area contributed by atoms with Gasteiger partial charge in [0.05, 0.1) is 23.7 Å². The third-order valence-corrected chi connectivity index (χ3v) is 5.44. The van der Waals surface area contributed by atoms with Gasteiger partial charge in [-0.1, -0.05) is 24.3 Å². The Morgan fingerprint density at radius 3 is 2.42 bits per heavy atom. The molecule has 6 nitrogen and oxygen atoms in total. The summed E-state index contributed by atoms with van der Waals surface area (Å²) in [5.74, 6) is -0.0859. The molecule has 31 heavy (non-hydrogen) atoms. The lowest BCUT2D eigenvalue weighted by atomic mass is 10.2. The smallest absolute Gasteiger partial charge is 0.383 e. The number of halogens is 3. The number of aromatic nitrogens is 2. The minimum Gasteiger partial charge on any atom is -0.383 e. The zero-order valence-electron chi connectivity index (χ0n) is 17.4. The van der Waals surface area contributed by atoms with Crippen LogP contribution in [0.3, 0.4) is 0 Å². The first-order valence-electron chi connectivity index (χ1n) is 9.47. The normalized spacial score (nSPS) is 11.5. The molecule has 0 fully saturated rings. The molecule has 0 spiro atoms. The molecule has 1 amide bonds. The first-order chi connectivity index (χ1) is 14.7. The minimum absolute atomic E-state index is 0.0673. The molecule has 0 aliphatic heterocycles. The van der Waals surface area contributed by atoms with Crippen LogP contribution in [0.1, 0.15) is 20.9 Å². The van der Waals surface area contributed by atoms with E-state index in [1.54, 1.807) is 66.8 Å². The highest BCUT2D eigenvalue weighted by molar-refractivity contribution is 7.12. The van der Waals surface area contributed by atoms with E-state index in [0.717, 1.165) is 0 Å². The van der Waals surface area contributed by atoms with Crippen molar-refractivity contribution in [2.75, 3.05) is 39.3 Å². The maximum Gasteiger partial charge on any atom is 0.435 e. The van der Waals surface area contributed by atoms with Crippen LogP contribution in [0.15, 0.2) is 47.8 Å². The van der Waals surface area contributed by atoms with Gasteiger partial charge in [-0.05, 0) is 23.6 Å². The summed E-state index contributed by atoms with van der Waals surface area (Å²) in [7, 11) is 4.79. The summed E-state index contributed by atoms with van der Waals surface area (Å²) >= 11 is 1.24. The monoisotopic (exact) mass is 452 g/mol. The van der Waals surface area contributed by atoms with Crippen molar-refractivity contribution in [3.05, 3.63) is 64.0 Å². The maximum absolute atomic E-state index is 14.0. The predicted octanol–water partition coefficient (Wildman–Crippen LogP) is 4.31. The van der Waals surface area contributed by atoms with Gasteiger partial charge in [0.15, 0.2) is 5.69 Å². The average Bonchev–Trinajstić information content (AvgIpc) is 3.39. The summed E-state index contributed by atoms with van der Waals surface area (Å²) in [6.07, 6.45) is -4.68. The minimum atomic E-state index is -4.68. The number of methoxy groups -OCH3 is 1. The van der Waals surface area contributed by atoms with Gasteiger partial charge in [0, 0.05) is 33.3 Å². The Labute approximate surface area is 182 Å². The van der Waals surface area contributed by atoms with Crippen LogP contribution in [-0.4, -0.2) is 54.9 Å². The summed E-state index contributed by atoms with van der Waals surface area (Å²) in [6.45, 7) is 0.0891. The fourth-order valence-corrected chi connectivity index (χ4v) is 3.92. The molecular weight excluding hydrogens is 429 g/mol. The number of alkyl halides is 3. The van der Waals surface area contributed by atoms with Gasteiger partial charge in [0.2, 0.25) is 0 Å². The molecule has 0 saturated carbocycles. The molecule has 3 rings (SSSR count). The Balaban J connectivity index is 2.12. The molecule has 2 heterocycles. The van der Waals surface area contributed by atoms with Gasteiger partial charge in [-0.15, -0.1) is 11.3 Å². The second-order valence-corrected chi connectivity index (χ2v) is 7.93. The van der Waals surface area contributed by atoms with Gasteiger partial charge in [-0.2, -0.15) is 18.3 Å². The molecule has 3 aromatic rings. The molecule has 0 aliphatic rings. The average molecular weight is 453 g/mol. The summed E-state index contributed by atoms with van der Waals surface area (Å²) in [4.78, 5) is 16.4. The number of rotatable bonds is 8. The van der Waals surface area contributed by atoms with Crippen molar-refractivity contribution in [1.29, 1.82) is 0 Å². The number of amides is 1. The number of carbonyl (C=O) groups is 1. The fraction of sp³-hybridized carbons (Fsp3) is 0.333.